The van der Waals surface area contributed by atoms with Crippen molar-refractivity contribution in [2.24, 2.45) is 0 Å². The van der Waals surface area contributed by atoms with Crippen molar-refractivity contribution in [3.63, 3.8) is 0 Å². The van der Waals surface area contributed by atoms with Crippen LogP contribution < -0.4 is 5.62 Å². The van der Waals surface area contributed by atoms with Crippen molar-refractivity contribution in [1.29, 1.82) is 5.41 Å². The van der Waals surface area contributed by atoms with Gasteiger partial charge in [0.25, 0.3) is 0 Å². The van der Waals surface area contributed by atoms with E-state index < -0.39 is 0 Å². The summed E-state index contributed by atoms with van der Waals surface area (Å²) in [5.74, 6) is -0.0388. The zero-order valence-corrected chi connectivity index (χ0v) is 15.6. The molecule has 1 N–H and O–H groups in total. The molecule has 132 valence electrons. The minimum Gasteiger partial charge on any atom is -0.310 e. The number of hydrogen-bond donors (Lipinski definition) is 1. The van der Waals surface area contributed by atoms with Crippen LogP contribution in [0.5, 0.6) is 0 Å². The molecule has 0 aliphatic rings. The fourth-order valence-corrected chi connectivity index (χ4v) is 2.99. The topological polar surface area (TPSA) is 50.8 Å². The number of ketones is 1. The van der Waals surface area contributed by atoms with Gasteiger partial charge in [0.1, 0.15) is 0 Å². The van der Waals surface area contributed by atoms with E-state index in [0.29, 0.717) is 17.7 Å². The molecule has 4 nitrogen and oxygen atoms in total. The first-order valence-corrected chi connectivity index (χ1v) is 8.70. The average Bonchev–Trinajstić information content (AvgIpc) is 2.86. The molecule has 4 heteroatoms. The highest BCUT2D eigenvalue weighted by molar-refractivity contribution is 5.98. The third kappa shape index (κ3) is 3.73. The zero-order valence-electron chi connectivity index (χ0n) is 15.6. The Hall–Kier alpha value is -2.62. The first-order chi connectivity index (χ1) is 11.9. The number of aryl methyl sites for hydroxylation is 2. The van der Waals surface area contributed by atoms with Crippen LogP contribution in [0.4, 0.5) is 0 Å². The number of para-hydroxylation sites is 1. The predicted molar refractivity (Wildman–Crippen MR) is 104 cm³/mol. The normalized spacial score (nSPS) is 11.6. The standard InChI is InChI=1S/C21H27N3O/c1-6-16(13-12-15(4)5)19(25)14-24-18-11-9-10-17(7-2)20(18)23(8-3)21(24)22/h6,9-13,22H,1,7-8,14H2,2-5H3/b16-13+,22-21?. The number of nitrogens with one attached hydrogen (secondary N) is 1. The van der Waals surface area contributed by atoms with Crippen molar-refractivity contribution < 1.29 is 4.79 Å². The molecule has 0 amide bonds. The summed E-state index contributed by atoms with van der Waals surface area (Å²) < 4.78 is 3.76. The number of imidazole rings is 1. The van der Waals surface area contributed by atoms with Gasteiger partial charge in [-0.3, -0.25) is 10.2 Å². The van der Waals surface area contributed by atoms with Gasteiger partial charge in [-0.2, -0.15) is 0 Å². The van der Waals surface area contributed by atoms with Gasteiger partial charge >= 0.3 is 0 Å². The van der Waals surface area contributed by atoms with Gasteiger partial charge in [-0.1, -0.05) is 49.4 Å². The second-order valence-electron chi connectivity index (χ2n) is 6.29. The number of nitrogens with zero attached hydrogens (tertiary/aromatic N) is 2. The van der Waals surface area contributed by atoms with Crippen LogP contribution in [0.25, 0.3) is 11.0 Å². The molecular formula is C21H27N3O. The van der Waals surface area contributed by atoms with Crippen molar-refractivity contribution in [3.05, 3.63) is 65.3 Å². The summed E-state index contributed by atoms with van der Waals surface area (Å²) in [5, 5.41) is 8.52. The Labute approximate surface area is 149 Å². The summed E-state index contributed by atoms with van der Waals surface area (Å²) >= 11 is 0. The smallest absolute Gasteiger partial charge is 0.203 e. The third-order valence-corrected chi connectivity index (χ3v) is 4.31. The molecule has 0 spiro atoms. The second-order valence-corrected chi connectivity index (χ2v) is 6.29. The largest absolute Gasteiger partial charge is 0.310 e. The maximum atomic E-state index is 12.7. The number of carbonyl (C=O) groups is 1. The summed E-state index contributed by atoms with van der Waals surface area (Å²) in [6.45, 7) is 12.7. The molecule has 0 radical (unpaired) electrons. The van der Waals surface area contributed by atoms with E-state index in [4.69, 9.17) is 5.41 Å². The van der Waals surface area contributed by atoms with Gasteiger partial charge in [-0.15, -0.1) is 0 Å². The Bertz CT molecular complexity index is 918. The maximum absolute atomic E-state index is 12.7. The third-order valence-electron chi connectivity index (χ3n) is 4.31. The molecule has 0 fully saturated rings. The van der Waals surface area contributed by atoms with Crippen LogP contribution >= 0.6 is 0 Å². The van der Waals surface area contributed by atoms with Crippen molar-refractivity contribution in [2.45, 2.75) is 47.2 Å². The van der Waals surface area contributed by atoms with Crippen LogP contribution in [0.1, 0.15) is 33.3 Å². The molecule has 0 aliphatic heterocycles. The van der Waals surface area contributed by atoms with Gasteiger partial charge in [0.05, 0.1) is 17.6 Å². The summed E-state index contributed by atoms with van der Waals surface area (Å²) in [6, 6.07) is 6.07. The Kier molecular flexibility index (Phi) is 5.97. The van der Waals surface area contributed by atoms with Crippen LogP contribution in [0.2, 0.25) is 0 Å². The first kappa shape index (κ1) is 18.7. The van der Waals surface area contributed by atoms with Crippen molar-refractivity contribution >= 4 is 16.8 Å². The Balaban J connectivity index is 2.55. The fourth-order valence-electron chi connectivity index (χ4n) is 2.99. The number of hydrogen-bond acceptors (Lipinski definition) is 2. The highest BCUT2D eigenvalue weighted by atomic mass is 16.1. The van der Waals surface area contributed by atoms with Crippen molar-refractivity contribution in [1.82, 2.24) is 9.13 Å². The molecule has 1 aromatic carbocycles. The van der Waals surface area contributed by atoms with E-state index >= 15 is 0 Å². The van der Waals surface area contributed by atoms with E-state index in [1.165, 1.54) is 5.56 Å². The predicted octanol–water partition coefficient (Wildman–Crippen LogP) is 4.15. The summed E-state index contributed by atoms with van der Waals surface area (Å²) in [7, 11) is 0. The highest BCUT2D eigenvalue weighted by Gasteiger charge is 2.16. The minimum absolute atomic E-state index is 0.0388. The summed E-state index contributed by atoms with van der Waals surface area (Å²) in [5.41, 5.74) is 5.23. The van der Waals surface area contributed by atoms with Gasteiger partial charge in [0.15, 0.2) is 5.78 Å². The fraction of sp³-hybridized carbons (Fsp3) is 0.333. The summed E-state index contributed by atoms with van der Waals surface area (Å²) in [4.78, 5) is 12.7. The van der Waals surface area contributed by atoms with Crippen LogP contribution in [-0.2, 0) is 24.3 Å². The lowest BCUT2D eigenvalue weighted by Gasteiger charge is -2.05. The Morgan fingerprint density at radius 2 is 1.92 bits per heavy atom. The van der Waals surface area contributed by atoms with E-state index in [9.17, 15) is 4.79 Å². The number of fused-ring (bicyclic) bond motifs is 1. The number of carbonyl (C=O) groups excluding carboxylic acids is 1. The van der Waals surface area contributed by atoms with Gasteiger partial charge in [0.2, 0.25) is 5.62 Å². The number of Topliss-reactive ketones (excluding diaryl/α,β-unsaturated/α-hetero) is 1. The number of aromatic nitrogens is 2. The number of benzene rings is 1. The molecule has 2 rings (SSSR count). The zero-order chi connectivity index (χ0) is 18.6. The van der Waals surface area contributed by atoms with Gasteiger partial charge < -0.3 is 9.13 Å². The molecule has 0 saturated heterocycles. The van der Waals surface area contributed by atoms with E-state index in [-0.39, 0.29) is 12.3 Å². The van der Waals surface area contributed by atoms with Crippen molar-refractivity contribution in [3.8, 4) is 0 Å². The quantitative estimate of drug-likeness (QED) is 0.599. The molecule has 0 atom stereocenters. The lowest BCUT2D eigenvalue weighted by Crippen LogP contribution is -2.27. The lowest BCUT2D eigenvalue weighted by molar-refractivity contribution is -0.115. The molecular weight excluding hydrogens is 310 g/mol. The maximum Gasteiger partial charge on any atom is 0.203 e. The number of allylic oxidation sites excluding steroid dienone is 5. The van der Waals surface area contributed by atoms with E-state index in [1.807, 2.05) is 43.5 Å². The minimum atomic E-state index is -0.0388. The molecule has 1 heterocycles. The Morgan fingerprint density at radius 1 is 1.20 bits per heavy atom. The van der Waals surface area contributed by atoms with E-state index in [0.717, 1.165) is 23.0 Å². The van der Waals surface area contributed by atoms with Crippen LogP contribution in [0.15, 0.2) is 54.2 Å². The molecule has 0 saturated carbocycles. The average molecular weight is 337 g/mol. The van der Waals surface area contributed by atoms with Crippen molar-refractivity contribution in [2.75, 3.05) is 0 Å². The molecule has 25 heavy (non-hydrogen) atoms. The van der Waals surface area contributed by atoms with Crippen LogP contribution in [0.3, 0.4) is 0 Å². The molecule has 2 aromatic rings. The summed E-state index contributed by atoms with van der Waals surface area (Å²) in [6.07, 6.45) is 6.19. The van der Waals surface area contributed by atoms with Gasteiger partial charge in [-0.25, -0.2) is 0 Å². The SMILES string of the molecule is C=C/C(=C\C=C(C)C)C(=O)Cn1c(=N)n(CC)c2c(CC)cccc21. The second kappa shape index (κ2) is 7.97. The van der Waals surface area contributed by atoms with E-state index in [1.54, 1.807) is 16.7 Å². The van der Waals surface area contributed by atoms with Crippen LogP contribution in [-0.4, -0.2) is 14.9 Å². The van der Waals surface area contributed by atoms with Gasteiger partial charge in [-0.05, 0) is 38.8 Å². The highest BCUT2D eigenvalue weighted by Crippen LogP contribution is 2.19. The van der Waals surface area contributed by atoms with E-state index in [2.05, 4.69) is 19.6 Å². The molecule has 0 bridgehead atoms. The first-order valence-electron chi connectivity index (χ1n) is 8.70. The molecule has 1 aromatic heterocycles. The van der Waals surface area contributed by atoms with Gasteiger partial charge in [0, 0.05) is 12.1 Å². The monoisotopic (exact) mass is 337 g/mol. The Morgan fingerprint density at radius 3 is 2.48 bits per heavy atom. The van der Waals surface area contributed by atoms with Crippen LogP contribution in [0, 0.1) is 5.41 Å². The lowest BCUT2D eigenvalue weighted by atomic mass is 10.1. The molecule has 0 unspecified atom stereocenters. The number of rotatable bonds is 7. The molecule has 0 aliphatic carbocycles.